The molecule has 170 valence electrons. The Hall–Kier alpha value is -4.39. The van der Waals surface area contributed by atoms with Crippen LogP contribution in [-0.2, 0) is 4.79 Å². The highest BCUT2D eigenvalue weighted by molar-refractivity contribution is 6.22. The number of ether oxygens (including phenoxy) is 1. The zero-order chi connectivity index (χ0) is 23.7. The van der Waals surface area contributed by atoms with E-state index in [1.807, 2.05) is 54.7 Å². The first-order valence-electron chi connectivity index (χ1n) is 11.0. The highest BCUT2D eigenvalue weighted by Crippen LogP contribution is 2.31. The van der Waals surface area contributed by atoms with Crippen LogP contribution in [0.1, 0.15) is 37.8 Å². The maximum atomic E-state index is 12.8. The van der Waals surface area contributed by atoms with Crippen LogP contribution in [0, 0.1) is 0 Å². The van der Waals surface area contributed by atoms with Crippen molar-refractivity contribution in [2.75, 3.05) is 20.2 Å². The molecule has 0 spiro atoms. The van der Waals surface area contributed by atoms with Gasteiger partial charge in [-0.2, -0.15) is 0 Å². The van der Waals surface area contributed by atoms with Gasteiger partial charge in [0.2, 0.25) is 5.91 Å². The number of H-pyrrole nitrogens is 1. The number of hydrogen-bond acceptors (Lipinski definition) is 4. The molecule has 1 aliphatic rings. The van der Waals surface area contributed by atoms with Gasteiger partial charge >= 0.3 is 0 Å². The van der Waals surface area contributed by atoms with Gasteiger partial charge in [-0.25, -0.2) is 0 Å². The third kappa shape index (κ3) is 3.81. The van der Waals surface area contributed by atoms with Crippen LogP contribution in [0.2, 0.25) is 0 Å². The van der Waals surface area contributed by atoms with Crippen molar-refractivity contribution >= 4 is 28.6 Å². The molecule has 2 N–H and O–H groups in total. The second kappa shape index (κ2) is 8.86. The predicted molar refractivity (Wildman–Crippen MR) is 128 cm³/mol. The first kappa shape index (κ1) is 21.5. The van der Waals surface area contributed by atoms with Crippen molar-refractivity contribution in [2.24, 2.45) is 0 Å². The topological polar surface area (TPSA) is 91.5 Å². The van der Waals surface area contributed by atoms with E-state index in [2.05, 4.69) is 10.3 Å². The summed E-state index contributed by atoms with van der Waals surface area (Å²) in [5, 5.41) is 3.99. The predicted octanol–water partition coefficient (Wildman–Crippen LogP) is 3.72. The van der Waals surface area contributed by atoms with Gasteiger partial charge in [-0.15, -0.1) is 0 Å². The number of para-hydroxylation sites is 1. The molecule has 0 bridgehead atoms. The maximum absolute atomic E-state index is 12.8. The van der Waals surface area contributed by atoms with Crippen LogP contribution in [-0.4, -0.2) is 47.8 Å². The van der Waals surface area contributed by atoms with E-state index in [0.717, 1.165) is 32.7 Å². The van der Waals surface area contributed by atoms with Crippen LogP contribution in [0.5, 0.6) is 5.75 Å². The van der Waals surface area contributed by atoms with Gasteiger partial charge in [-0.05, 0) is 41.5 Å². The number of fused-ring (bicyclic) bond motifs is 2. The van der Waals surface area contributed by atoms with E-state index >= 15 is 0 Å². The normalized spacial score (nSPS) is 13.7. The van der Waals surface area contributed by atoms with E-state index in [1.165, 1.54) is 0 Å². The molecule has 0 aliphatic carbocycles. The number of aromatic nitrogens is 1. The lowest BCUT2D eigenvalue weighted by molar-refractivity contribution is -0.121. The summed E-state index contributed by atoms with van der Waals surface area (Å²) in [5.74, 6) is -0.685. The number of nitrogens with zero attached hydrogens (tertiary/aromatic N) is 1. The number of aromatic amines is 1. The third-order valence-corrected chi connectivity index (χ3v) is 6.20. The SMILES string of the molecule is COc1ccc(C(CNC(=O)CN2C(=O)c3ccccc3C2=O)c2c[nH]c3ccccc23)cc1. The fourth-order valence-corrected chi connectivity index (χ4v) is 4.42. The van der Waals surface area contributed by atoms with Gasteiger partial charge < -0.3 is 15.0 Å². The Labute approximate surface area is 196 Å². The summed E-state index contributed by atoms with van der Waals surface area (Å²) in [7, 11) is 1.62. The van der Waals surface area contributed by atoms with Crippen LogP contribution in [0.25, 0.3) is 10.9 Å². The number of rotatable bonds is 7. The van der Waals surface area contributed by atoms with Crippen LogP contribution in [0.15, 0.2) is 79.0 Å². The molecular weight excluding hydrogens is 430 g/mol. The van der Waals surface area contributed by atoms with Gasteiger partial charge in [-0.3, -0.25) is 19.3 Å². The molecule has 2 heterocycles. The summed E-state index contributed by atoms with van der Waals surface area (Å²) in [6, 6.07) is 22.3. The number of imide groups is 1. The van der Waals surface area contributed by atoms with Crippen molar-refractivity contribution in [3.8, 4) is 5.75 Å². The van der Waals surface area contributed by atoms with Gasteiger partial charge in [0, 0.05) is 29.6 Å². The molecule has 3 amide bonds. The van der Waals surface area contributed by atoms with Crippen molar-refractivity contribution in [1.82, 2.24) is 15.2 Å². The molecule has 0 radical (unpaired) electrons. The molecule has 7 heteroatoms. The minimum atomic E-state index is -0.445. The average Bonchev–Trinajstić information content (AvgIpc) is 3.40. The Balaban J connectivity index is 1.36. The molecule has 4 aromatic rings. The smallest absolute Gasteiger partial charge is 0.262 e. The lowest BCUT2D eigenvalue weighted by Crippen LogP contribution is -2.41. The van der Waals surface area contributed by atoms with E-state index in [4.69, 9.17) is 4.74 Å². The highest BCUT2D eigenvalue weighted by atomic mass is 16.5. The van der Waals surface area contributed by atoms with Crippen molar-refractivity contribution in [3.05, 3.63) is 101 Å². The Morgan fingerprint density at radius 3 is 2.26 bits per heavy atom. The van der Waals surface area contributed by atoms with E-state index < -0.39 is 17.7 Å². The lowest BCUT2D eigenvalue weighted by atomic mass is 9.90. The van der Waals surface area contributed by atoms with Gasteiger partial charge in [0.25, 0.3) is 11.8 Å². The summed E-state index contributed by atoms with van der Waals surface area (Å²) < 4.78 is 5.28. The number of benzene rings is 3. The molecule has 1 atom stereocenters. The van der Waals surface area contributed by atoms with Crippen LogP contribution in [0.3, 0.4) is 0 Å². The quantitative estimate of drug-likeness (QED) is 0.417. The van der Waals surface area contributed by atoms with Crippen molar-refractivity contribution < 1.29 is 19.1 Å². The maximum Gasteiger partial charge on any atom is 0.262 e. The molecule has 0 saturated heterocycles. The third-order valence-electron chi connectivity index (χ3n) is 6.20. The molecular formula is C27H23N3O4. The Bertz CT molecular complexity index is 1360. The molecule has 5 rings (SSSR count). The number of nitrogens with one attached hydrogen (secondary N) is 2. The second-order valence-electron chi connectivity index (χ2n) is 8.16. The summed E-state index contributed by atoms with van der Waals surface area (Å²) in [4.78, 5) is 42.3. The van der Waals surface area contributed by atoms with Gasteiger partial charge in [0.05, 0.1) is 18.2 Å². The first-order chi connectivity index (χ1) is 16.6. The minimum absolute atomic E-state index is 0.145. The second-order valence-corrected chi connectivity index (χ2v) is 8.16. The number of amides is 3. The number of carbonyl (C=O) groups excluding carboxylic acids is 3. The lowest BCUT2D eigenvalue weighted by Gasteiger charge is -2.20. The van der Waals surface area contributed by atoms with Crippen LogP contribution in [0.4, 0.5) is 0 Å². The zero-order valence-electron chi connectivity index (χ0n) is 18.6. The number of hydrogen-bond donors (Lipinski definition) is 2. The van der Waals surface area contributed by atoms with Gasteiger partial charge in [0.15, 0.2) is 0 Å². The molecule has 0 fully saturated rings. The molecule has 7 nitrogen and oxygen atoms in total. The number of methoxy groups -OCH3 is 1. The van der Waals surface area contributed by atoms with Crippen molar-refractivity contribution in [3.63, 3.8) is 0 Å². The fourth-order valence-electron chi connectivity index (χ4n) is 4.42. The van der Waals surface area contributed by atoms with Gasteiger partial charge in [0.1, 0.15) is 12.3 Å². The minimum Gasteiger partial charge on any atom is -0.497 e. The zero-order valence-corrected chi connectivity index (χ0v) is 18.6. The number of carbonyl (C=O) groups is 3. The summed E-state index contributed by atoms with van der Waals surface area (Å²) in [6.07, 6.45) is 1.95. The molecule has 1 unspecified atom stereocenters. The van der Waals surface area contributed by atoms with Crippen molar-refractivity contribution in [2.45, 2.75) is 5.92 Å². The molecule has 0 saturated carbocycles. The van der Waals surface area contributed by atoms with E-state index in [-0.39, 0.29) is 12.5 Å². The Morgan fingerprint density at radius 1 is 0.941 bits per heavy atom. The molecule has 3 aromatic carbocycles. The summed E-state index contributed by atoms with van der Waals surface area (Å²) in [5.41, 5.74) is 3.71. The largest absolute Gasteiger partial charge is 0.497 e. The summed E-state index contributed by atoms with van der Waals surface area (Å²) >= 11 is 0. The standard InChI is InChI=1S/C27H23N3O4/c1-34-18-12-10-17(11-13-18)22(23-15-28-24-9-5-4-6-19(23)24)14-29-25(31)16-30-26(32)20-7-2-3-8-21(20)27(30)33/h2-13,15,22,28H,14,16H2,1H3,(H,29,31). The molecule has 1 aromatic heterocycles. The van der Waals surface area contributed by atoms with E-state index in [0.29, 0.717) is 17.7 Å². The highest BCUT2D eigenvalue weighted by Gasteiger charge is 2.36. The Kier molecular flexibility index (Phi) is 5.59. The molecule has 1 aliphatic heterocycles. The first-order valence-corrected chi connectivity index (χ1v) is 11.0. The monoisotopic (exact) mass is 453 g/mol. The van der Waals surface area contributed by atoms with E-state index in [1.54, 1.807) is 31.4 Å². The van der Waals surface area contributed by atoms with E-state index in [9.17, 15) is 14.4 Å². The van der Waals surface area contributed by atoms with Crippen LogP contribution >= 0.6 is 0 Å². The molecule has 34 heavy (non-hydrogen) atoms. The van der Waals surface area contributed by atoms with Crippen LogP contribution < -0.4 is 10.1 Å². The Morgan fingerprint density at radius 2 is 1.59 bits per heavy atom. The average molecular weight is 453 g/mol. The van der Waals surface area contributed by atoms with Crippen molar-refractivity contribution in [1.29, 1.82) is 0 Å². The summed E-state index contributed by atoms with van der Waals surface area (Å²) in [6.45, 7) is -0.0221. The van der Waals surface area contributed by atoms with Gasteiger partial charge in [-0.1, -0.05) is 42.5 Å². The fraction of sp³-hybridized carbons (Fsp3) is 0.148.